The Labute approximate surface area is 117 Å². The molecule has 19 heavy (non-hydrogen) atoms. The van der Waals surface area contributed by atoms with Crippen LogP contribution in [-0.2, 0) is 0 Å². The van der Waals surface area contributed by atoms with Crippen LogP contribution in [0.2, 0.25) is 0 Å². The van der Waals surface area contributed by atoms with E-state index in [0.29, 0.717) is 12.8 Å². The minimum absolute atomic E-state index is 0.237. The molecule has 0 aromatic rings. The molecule has 0 aliphatic carbocycles. The molecule has 0 saturated heterocycles. The highest BCUT2D eigenvalue weighted by atomic mass is 16.6. The number of hydrogen-bond donors (Lipinski definition) is 1. The molecule has 0 aliphatic heterocycles. The van der Waals surface area contributed by atoms with Gasteiger partial charge in [0.1, 0.15) is 6.61 Å². The van der Waals surface area contributed by atoms with Crippen LogP contribution in [-0.4, -0.2) is 22.2 Å². The predicted molar refractivity (Wildman–Crippen MR) is 78.9 cm³/mol. The van der Waals surface area contributed by atoms with Gasteiger partial charge in [0.25, 0.3) is 0 Å². The standard InChI is InChI=1S/C15H31NO3/c1-3-5-7-9-11-13-15(14-17,16(18)19)12-10-8-6-4-2/h17H,3-14H2,1-2H3. The molecule has 4 heteroatoms. The minimum atomic E-state index is -1.08. The van der Waals surface area contributed by atoms with Gasteiger partial charge in [-0.3, -0.25) is 10.1 Å². The topological polar surface area (TPSA) is 63.4 Å². The van der Waals surface area contributed by atoms with E-state index in [1.807, 2.05) is 0 Å². The van der Waals surface area contributed by atoms with Gasteiger partial charge in [-0.05, 0) is 12.8 Å². The molecule has 0 saturated carbocycles. The molecule has 0 aromatic carbocycles. The smallest absolute Gasteiger partial charge is 0.244 e. The van der Waals surface area contributed by atoms with E-state index in [0.717, 1.165) is 44.9 Å². The fourth-order valence-electron chi connectivity index (χ4n) is 2.46. The van der Waals surface area contributed by atoms with Crippen LogP contribution in [0.15, 0.2) is 0 Å². The lowest BCUT2D eigenvalue weighted by Gasteiger charge is -2.23. The van der Waals surface area contributed by atoms with Crippen LogP contribution in [0, 0.1) is 10.1 Å². The quantitative estimate of drug-likeness (QED) is 0.309. The molecule has 0 aromatic heterocycles. The largest absolute Gasteiger partial charge is 0.389 e. The lowest BCUT2D eigenvalue weighted by atomic mass is 9.87. The molecule has 0 spiro atoms. The molecule has 0 amide bonds. The normalized spacial score (nSPS) is 14.3. The van der Waals surface area contributed by atoms with Crippen LogP contribution in [0.25, 0.3) is 0 Å². The van der Waals surface area contributed by atoms with E-state index in [9.17, 15) is 15.2 Å². The highest BCUT2D eigenvalue weighted by Gasteiger charge is 2.40. The zero-order chi connectivity index (χ0) is 14.6. The summed E-state index contributed by atoms with van der Waals surface area (Å²) in [4.78, 5) is 11.0. The highest BCUT2D eigenvalue weighted by molar-refractivity contribution is 4.78. The van der Waals surface area contributed by atoms with Crippen LogP contribution in [0.3, 0.4) is 0 Å². The first-order valence-electron chi connectivity index (χ1n) is 7.88. The number of aliphatic hydroxyl groups is 1. The molecule has 0 heterocycles. The number of nitro groups is 1. The molecule has 4 nitrogen and oxygen atoms in total. The maximum Gasteiger partial charge on any atom is 0.244 e. The zero-order valence-electron chi connectivity index (χ0n) is 12.7. The molecule has 0 fully saturated rings. The third-order valence-corrected chi connectivity index (χ3v) is 3.92. The summed E-state index contributed by atoms with van der Waals surface area (Å²) >= 11 is 0. The predicted octanol–water partition coefficient (Wildman–Crippen LogP) is 4.33. The monoisotopic (exact) mass is 273 g/mol. The van der Waals surface area contributed by atoms with Crippen molar-refractivity contribution >= 4 is 0 Å². The van der Waals surface area contributed by atoms with Gasteiger partial charge in [0.15, 0.2) is 0 Å². The van der Waals surface area contributed by atoms with Crippen molar-refractivity contribution < 1.29 is 10.0 Å². The second kappa shape index (κ2) is 11.2. The number of rotatable bonds is 13. The minimum Gasteiger partial charge on any atom is -0.389 e. The van der Waals surface area contributed by atoms with Crippen LogP contribution in [0.1, 0.15) is 84.5 Å². The van der Waals surface area contributed by atoms with Gasteiger partial charge in [0.2, 0.25) is 5.54 Å². The lowest BCUT2D eigenvalue weighted by Crippen LogP contribution is -2.42. The summed E-state index contributed by atoms with van der Waals surface area (Å²) in [5.74, 6) is 0. The third-order valence-electron chi connectivity index (χ3n) is 3.92. The Morgan fingerprint density at radius 2 is 1.32 bits per heavy atom. The second-order valence-electron chi connectivity index (χ2n) is 5.61. The van der Waals surface area contributed by atoms with Crippen molar-refractivity contribution in [1.82, 2.24) is 0 Å². The molecule has 0 rings (SSSR count). The second-order valence-corrected chi connectivity index (χ2v) is 5.61. The van der Waals surface area contributed by atoms with Crippen molar-refractivity contribution in [2.75, 3.05) is 6.61 Å². The molecule has 1 atom stereocenters. The van der Waals surface area contributed by atoms with Gasteiger partial charge in [0.05, 0.1) is 0 Å². The SMILES string of the molecule is CCCCCCCC(CO)(CCCCCC)[N+](=O)[O-]. The van der Waals surface area contributed by atoms with Crippen LogP contribution >= 0.6 is 0 Å². The zero-order valence-corrected chi connectivity index (χ0v) is 12.7. The summed E-state index contributed by atoms with van der Waals surface area (Å²) in [7, 11) is 0. The molecule has 0 bridgehead atoms. The number of nitrogens with zero attached hydrogens (tertiary/aromatic N) is 1. The van der Waals surface area contributed by atoms with Crippen molar-refractivity contribution in [3.8, 4) is 0 Å². The van der Waals surface area contributed by atoms with Gasteiger partial charge in [-0.25, -0.2) is 0 Å². The summed E-state index contributed by atoms with van der Waals surface area (Å²) in [6.07, 6.45) is 10.6. The van der Waals surface area contributed by atoms with Crippen LogP contribution in [0.5, 0.6) is 0 Å². The average Bonchev–Trinajstić information content (AvgIpc) is 2.41. The van der Waals surface area contributed by atoms with E-state index in [4.69, 9.17) is 0 Å². The molecule has 114 valence electrons. The molecule has 1 N–H and O–H groups in total. The van der Waals surface area contributed by atoms with Crippen LogP contribution in [0.4, 0.5) is 0 Å². The first kappa shape index (κ1) is 18.4. The van der Waals surface area contributed by atoms with Crippen molar-refractivity contribution in [1.29, 1.82) is 0 Å². The van der Waals surface area contributed by atoms with Gasteiger partial charge in [0, 0.05) is 17.8 Å². The Morgan fingerprint density at radius 3 is 1.68 bits per heavy atom. The lowest BCUT2D eigenvalue weighted by molar-refractivity contribution is -0.576. The summed E-state index contributed by atoms with van der Waals surface area (Å²) in [6, 6.07) is 0. The fraction of sp³-hybridized carbons (Fsp3) is 1.00. The van der Waals surface area contributed by atoms with E-state index in [-0.39, 0.29) is 11.5 Å². The van der Waals surface area contributed by atoms with E-state index >= 15 is 0 Å². The van der Waals surface area contributed by atoms with Crippen molar-refractivity contribution in [3.63, 3.8) is 0 Å². The Hall–Kier alpha value is -0.640. The van der Waals surface area contributed by atoms with E-state index in [1.165, 1.54) is 12.8 Å². The van der Waals surface area contributed by atoms with Gasteiger partial charge in [-0.2, -0.15) is 0 Å². The summed E-state index contributed by atoms with van der Waals surface area (Å²) in [6.45, 7) is 3.96. The summed E-state index contributed by atoms with van der Waals surface area (Å²) in [5.41, 5.74) is -1.08. The van der Waals surface area contributed by atoms with Gasteiger partial charge in [-0.1, -0.05) is 58.8 Å². The maximum absolute atomic E-state index is 11.3. The molecule has 0 aliphatic rings. The van der Waals surface area contributed by atoms with Gasteiger partial charge in [-0.15, -0.1) is 0 Å². The summed E-state index contributed by atoms with van der Waals surface area (Å²) < 4.78 is 0. The fourth-order valence-corrected chi connectivity index (χ4v) is 2.46. The van der Waals surface area contributed by atoms with Crippen molar-refractivity contribution in [3.05, 3.63) is 10.1 Å². The Kier molecular flexibility index (Phi) is 10.8. The van der Waals surface area contributed by atoms with Crippen molar-refractivity contribution in [2.45, 2.75) is 90.0 Å². The Morgan fingerprint density at radius 1 is 0.895 bits per heavy atom. The molecular weight excluding hydrogens is 242 g/mol. The number of unbranched alkanes of at least 4 members (excludes halogenated alkanes) is 7. The third kappa shape index (κ3) is 7.51. The van der Waals surface area contributed by atoms with Gasteiger partial charge >= 0.3 is 0 Å². The maximum atomic E-state index is 11.3. The number of aliphatic hydroxyl groups excluding tert-OH is 1. The molecular formula is C15H31NO3. The number of hydrogen-bond acceptors (Lipinski definition) is 3. The Bertz CT molecular complexity index is 233. The Balaban J connectivity index is 4.14. The van der Waals surface area contributed by atoms with E-state index in [1.54, 1.807) is 0 Å². The highest BCUT2D eigenvalue weighted by Crippen LogP contribution is 2.26. The molecule has 1 unspecified atom stereocenters. The van der Waals surface area contributed by atoms with E-state index < -0.39 is 5.54 Å². The average molecular weight is 273 g/mol. The van der Waals surface area contributed by atoms with E-state index in [2.05, 4.69) is 13.8 Å². The van der Waals surface area contributed by atoms with Crippen molar-refractivity contribution in [2.24, 2.45) is 0 Å². The first-order chi connectivity index (χ1) is 9.13. The molecule has 0 radical (unpaired) electrons. The summed E-state index contributed by atoms with van der Waals surface area (Å²) in [5, 5.41) is 20.7. The van der Waals surface area contributed by atoms with Gasteiger partial charge < -0.3 is 5.11 Å². The first-order valence-corrected chi connectivity index (χ1v) is 7.88. The van der Waals surface area contributed by atoms with Crippen LogP contribution < -0.4 is 0 Å².